The zero-order valence-electron chi connectivity index (χ0n) is 10.2. The smallest absolute Gasteiger partial charge is 0.295 e. The first-order chi connectivity index (χ1) is 9.66. The van der Waals surface area contributed by atoms with E-state index in [1.165, 1.54) is 6.07 Å². The molecular weight excluding hydrogens is 280 g/mol. The number of hydrogen-bond acceptors (Lipinski definition) is 5. The molecule has 1 aliphatic heterocycles. The average molecular weight is 289 g/mol. The number of anilines is 2. The Morgan fingerprint density at radius 3 is 2.75 bits per heavy atom. The fourth-order valence-corrected chi connectivity index (χ4v) is 2.20. The number of nitro groups is 1. The molecule has 0 fully saturated rings. The minimum atomic E-state index is -0.451. The maximum absolute atomic E-state index is 11.2. The first-order valence-electron chi connectivity index (χ1n) is 5.85. The van der Waals surface area contributed by atoms with Crippen LogP contribution in [0.5, 0.6) is 0 Å². The van der Waals surface area contributed by atoms with Crippen molar-refractivity contribution >= 4 is 28.7 Å². The fraction of sp³-hybridized carbons (Fsp3) is 0.0769. The summed E-state index contributed by atoms with van der Waals surface area (Å²) in [6.07, 6.45) is 0. The minimum Gasteiger partial charge on any atom is -0.347 e. The molecule has 0 aliphatic carbocycles. The fourth-order valence-electron chi connectivity index (χ4n) is 2.01. The molecule has 0 radical (unpaired) electrons. The Hall–Kier alpha value is -2.47. The van der Waals surface area contributed by atoms with E-state index in [1.54, 1.807) is 30.3 Å². The lowest BCUT2D eigenvalue weighted by molar-refractivity contribution is -0.384. The Morgan fingerprint density at radius 2 is 2.00 bits per heavy atom. The summed E-state index contributed by atoms with van der Waals surface area (Å²) in [5.74, 6) is 0. The Bertz CT molecular complexity index is 820. The molecule has 1 aliphatic rings. The maximum Gasteiger partial charge on any atom is 0.295 e. The van der Waals surface area contributed by atoms with E-state index in [1.807, 2.05) is 0 Å². The molecule has 7 heteroatoms. The van der Waals surface area contributed by atoms with E-state index in [4.69, 9.17) is 11.6 Å². The van der Waals surface area contributed by atoms with E-state index in [0.717, 1.165) is 0 Å². The number of para-hydroxylation sites is 1. The molecule has 2 aromatic rings. The number of nitrogens with one attached hydrogen (secondary N) is 1. The molecule has 0 aromatic heterocycles. The molecular formula is C13H9ClN4O2. The van der Waals surface area contributed by atoms with Gasteiger partial charge in [0.25, 0.3) is 5.69 Å². The van der Waals surface area contributed by atoms with E-state index >= 15 is 0 Å². The highest BCUT2D eigenvalue weighted by Gasteiger charge is 2.19. The minimum absolute atomic E-state index is 0.0514. The summed E-state index contributed by atoms with van der Waals surface area (Å²) >= 11 is 6.07. The van der Waals surface area contributed by atoms with Crippen molar-refractivity contribution in [3.8, 4) is 0 Å². The van der Waals surface area contributed by atoms with Gasteiger partial charge in [-0.15, -0.1) is 0 Å². The Labute approximate surface area is 118 Å². The summed E-state index contributed by atoms with van der Waals surface area (Å²) in [6.45, 7) is 0.285. The van der Waals surface area contributed by atoms with Crippen LogP contribution in [0.25, 0.3) is 0 Å². The highest BCUT2D eigenvalue weighted by Crippen LogP contribution is 2.27. The molecule has 0 saturated carbocycles. The van der Waals surface area contributed by atoms with Crippen LogP contribution in [-0.4, -0.2) is 11.6 Å². The van der Waals surface area contributed by atoms with Gasteiger partial charge in [0.2, 0.25) is 0 Å². The molecule has 20 heavy (non-hydrogen) atoms. The molecule has 6 nitrogen and oxygen atoms in total. The van der Waals surface area contributed by atoms with Gasteiger partial charge in [-0.2, -0.15) is 0 Å². The zero-order chi connectivity index (χ0) is 14.1. The van der Waals surface area contributed by atoms with Gasteiger partial charge in [0, 0.05) is 6.07 Å². The van der Waals surface area contributed by atoms with Crippen molar-refractivity contribution in [2.24, 2.45) is 9.98 Å². The third kappa shape index (κ3) is 2.10. The maximum atomic E-state index is 11.2. The monoisotopic (exact) mass is 288 g/mol. The molecule has 0 bridgehead atoms. The quantitative estimate of drug-likeness (QED) is 0.694. The SMILES string of the molecule is O=[N+]([O-])c1ccc2c(c1Nc1ccccc1Cl)=NCN=2. The van der Waals surface area contributed by atoms with Crippen LogP contribution in [0, 0.1) is 10.1 Å². The van der Waals surface area contributed by atoms with E-state index in [0.29, 0.717) is 27.1 Å². The van der Waals surface area contributed by atoms with E-state index in [2.05, 4.69) is 15.3 Å². The van der Waals surface area contributed by atoms with Crippen molar-refractivity contribution < 1.29 is 4.92 Å². The first-order valence-corrected chi connectivity index (χ1v) is 6.22. The van der Waals surface area contributed by atoms with Crippen LogP contribution >= 0.6 is 11.6 Å². The molecule has 3 rings (SSSR count). The van der Waals surface area contributed by atoms with Gasteiger partial charge >= 0.3 is 0 Å². The predicted octanol–water partition coefficient (Wildman–Crippen LogP) is 2.20. The van der Waals surface area contributed by atoms with Crippen molar-refractivity contribution in [1.29, 1.82) is 0 Å². The molecule has 1 heterocycles. The summed E-state index contributed by atoms with van der Waals surface area (Å²) in [5.41, 5.74) is 0.860. The summed E-state index contributed by atoms with van der Waals surface area (Å²) in [6, 6.07) is 10.1. The van der Waals surface area contributed by atoms with E-state index in [9.17, 15) is 10.1 Å². The predicted molar refractivity (Wildman–Crippen MR) is 75.0 cm³/mol. The second-order valence-corrected chi connectivity index (χ2v) is 4.55. The van der Waals surface area contributed by atoms with Gasteiger partial charge in [0.15, 0.2) is 0 Å². The zero-order valence-corrected chi connectivity index (χ0v) is 11.0. The second kappa shape index (κ2) is 4.90. The van der Waals surface area contributed by atoms with Crippen LogP contribution in [0.3, 0.4) is 0 Å². The number of halogens is 1. The number of rotatable bonds is 3. The number of nitrogens with zero attached hydrogens (tertiary/aromatic N) is 3. The van der Waals surface area contributed by atoms with Crippen molar-refractivity contribution in [1.82, 2.24) is 0 Å². The molecule has 1 N–H and O–H groups in total. The second-order valence-electron chi connectivity index (χ2n) is 4.15. The Morgan fingerprint density at radius 1 is 1.20 bits per heavy atom. The van der Waals surface area contributed by atoms with Gasteiger partial charge in [0.05, 0.1) is 21.0 Å². The van der Waals surface area contributed by atoms with Gasteiger partial charge in [-0.1, -0.05) is 23.7 Å². The van der Waals surface area contributed by atoms with Crippen LogP contribution in [0.4, 0.5) is 17.1 Å². The average Bonchev–Trinajstić information content (AvgIpc) is 2.90. The van der Waals surface area contributed by atoms with Crippen LogP contribution in [-0.2, 0) is 0 Å². The molecule has 2 aromatic carbocycles. The topological polar surface area (TPSA) is 79.9 Å². The summed E-state index contributed by atoms with van der Waals surface area (Å²) < 4.78 is 0. The lowest BCUT2D eigenvalue weighted by Crippen LogP contribution is -2.25. The van der Waals surface area contributed by atoms with Crippen LogP contribution in [0.15, 0.2) is 46.4 Å². The molecule has 0 atom stereocenters. The molecule has 100 valence electrons. The highest BCUT2D eigenvalue weighted by molar-refractivity contribution is 6.33. The van der Waals surface area contributed by atoms with E-state index in [-0.39, 0.29) is 12.4 Å². The van der Waals surface area contributed by atoms with Gasteiger partial charge < -0.3 is 5.32 Å². The van der Waals surface area contributed by atoms with E-state index < -0.39 is 4.92 Å². The normalized spacial score (nSPS) is 12.2. The van der Waals surface area contributed by atoms with Crippen molar-refractivity contribution in [3.05, 3.63) is 62.2 Å². The van der Waals surface area contributed by atoms with Gasteiger partial charge in [0.1, 0.15) is 17.7 Å². The molecule has 0 amide bonds. The summed E-state index contributed by atoms with van der Waals surface area (Å²) in [7, 11) is 0. The summed E-state index contributed by atoms with van der Waals surface area (Å²) in [5, 5.41) is 15.8. The summed E-state index contributed by atoms with van der Waals surface area (Å²) in [4.78, 5) is 19.1. The highest BCUT2D eigenvalue weighted by atomic mass is 35.5. The van der Waals surface area contributed by atoms with Crippen molar-refractivity contribution in [2.75, 3.05) is 12.0 Å². The standard InChI is InChI=1S/C13H9ClN4O2/c14-8-3-1-2-4-9(8)17-13-11(18(19)20)6-5-10-12(13)16-7-15-10/h1-6,17H,7H2. The third-order valence-corrected chi connectivity index (χ3v) is 3.26. The van der Waals surface area contributed by atoms with Gasteiger partial charge in [-0.25, -0.2) is 0 Å². The first kappa shape index (κ1) is 12.6. The third-order valence-electron chi connectivity index (χ3n) is 2.93. The van der Waals surface area contributed by atoms with Crippen LogP contribution in [0.2, 0.25) is 5.02 Å². The number of hydrogen-bond donors (Lipinski definition) is 1. The van der Waals surface area contributed by atoms with Gasteiger partial charge in [-0.3, -0.25) is 20.1 Å². The molecule has 0 unspecified atom stereocenters. The lowest BCUT2D eigenvalue weighted by atomic mass is 10.2. The van der Waals surface area contributed by atoms with Crippen molar-refractivity contribution in [3.63, 3.8) is 0 Å². The largest absolute Gasteiger partial charge is 0.347 e. The van der Waals surface area contributed by atoms with Crippen molar-refractivity contribution in [2.45, 2.75) is 0 Å². The Kier molecular flexibility index (Phi) is 3.08. The Balaban J connectivity index is 2.19. The molecule has 0 spiro atoms. The van der Waals surface area contributed by atoms with Crippen LogP contribution in [0.1, 0.15) is 0 Å². The van der Waals surface area contributed by atoms with Crippen LogP contribution < -0.4 is 16.0 Å². The number of benzene rings is 2. The number of fused-ring (bicyclic) bond motifs is 1. The molecule has 0 saturated heterocycles. The van der Waals surface area contributed by atoms with Gasteiger partial charge in [-0.05, 0) is 18.2 Å². The number of nitro benzene ring substituents is 1. The lowest BCUT2D eigenvalue weighted by Gasteiger charge is -2.08.